The number of thioether (sulfide) groups is 1. The number of carbonyl (C=O) groups is 1. The smallest absolute Gasteiger partial charge is 0.185 e. The lowest BCUT2D eigenvalue weighted by atomic mass is 10.2. The summed E-state index contributed by atoms with van der Waals surface area (Å²) < 4.78 is 0. The summed E-state index contributed by atoms with van der Waals surface area (Å²) in [7, 11) is 0. The summed E-state index contributed by atoms with van der Waals surface area (Å²) in [5, 5.41) is 10.8. The van der Waals surface area contributed by atoms with E-state index < -0.39 is 0 Å². The minimum Gasteiger partial charge on any atom is -0.288 e. The minimum absolute atomic E-state index is 0.169. The van der Waals surface area contributed by atoms with Gasteiger partial charge in [-0.2, -0.15) is 15.4 Å². The number of nitrogens with one attached hydrogen (secondary N) is 1. The van der Waals surface area contributed by atoms with Gasteiger partial charge in [0.25, 0.3) is 0 Å². The van der Waals surface area contributed by atoms with E-state index in [1.54, 1.807) is 6.92 Å². The first kappa shape index (κ1) is 11.9. The molecule has 5 heteroatoms. The summed E-state index contributed by atoms with van der Waals surface area (Å²) in [5.41, 5.74) is 2.83. The van der Waals surface area contributed by atoms with Gasteiger partial charge in [-0.15, -0.1) is 0 Å². The number of fused-ring (bicyclic) bond motifs is 1. The molecule has 0 amide bonds. The van der Waals surface area contributed by atoms with Crippen LogP contribution in [0.1, 0.15) is 18.9 Å². The van der Waals surface area contributed by atoms with Crippen LogP contribution in [0.5, 0.6) is 0 Å². The number of allylic oxidation sites excluding steroid dienone is 1. The van der Waals surface area contributed by atoms with E-state index in [2.05, 4.69) is 21.5 Å². The normalized spacial score (nSPS) is 11.4. The van der Waals surface area contributed by atoms with Gasteiger partial charge in [0.15, 0.2) is 5.12 Å². The zero-order valence-electron chi connectivity index (χ0n) is 9.51. The highest BCUT2D eigenvalue weighted by Gasteiger charge is 1.97. The maximum Gasteiger partial charge on any atom is 0.185 e. The summed E-state index contributed by atoms with van der Waals surface area (Å²) in [6.45, 7) is 1.59. The Morgan fingerprint density at radius 1 is 1.41 bits per heavy atom. The fourth-order valence-corrected chi connectivity index (χ4v) is 1.99. The van der Waals surface area contributed by atoms with Crippen LogP contribution in [0.15, 0.2) is 24.3 Å². The average molecular weight is 247 g/mol. The standard InChI is InChI=1S/C12H13N3OS/c1-9(16)17-7-3-2-4-10-5-6-11-12(8-10)14-15-13-11/h2,4-6,8H,3,7H2,1H3,(H,13,14,15). The van der Waals surface area contributed by atoms with Crippen molar-refractivity contribution in [1.29, 1.82) is 0 Å². The molecule has 4 nitrogen and oxygen atoms in total. The van der Waals surface area contributed by atoms with Gasteiger partial charge in [0, 0.05) is 12.7 Å². The van der Waals surface area contributed by atoms with E-state index >= 15 is 0 Å². The fraction of sp³-hybridized carbons (Fsp3) is 0.250. The molecule has 2 rings (SSSR count). The summed E-state index contributed by atoms with van der Waals surface area (Å²) in [4.78, 5) is 10.7. The van der Waals surface area contributed by atoms with Gasteiger partial charge in [-0.25, -0.2) is 0 Å². The third-order valence-electron chi connectivity index (χ3n) is 2.24. The van der Waals surface area contributed by atoms with E-state index in [1.807, 2.05) is 24.3 Å². The molecule has 2 aromatic rings. The maximum absolute atomic E-state index is 10.7. The Morgan fingerprint density at radius 3 is 3.06 bits per heavy atom. The van der Waals surface area contributed by atoms with E-state index in [-0.39, 0.29) is 5.12 Å². The second-order valence-corrected chi connectivity index (χ2v) is 4.87. The molecule has 17 heavy (non-hydrogen) atoms. The molecular formula is C12H13N3OS. The number of H-pyrrole nitrogens is 1. The third kappa shape index (κ3) is 3.42. The van der Waals surface area contributed by atoms with E-state index in [1.165, 1.54) is 11.8 Å². The molecule has 0 aliphatic heterocycles. The highest BCUT2D eigenvalue weighted by atomic mass is 32.2. The van der Waals surface area contributed by atoms with Crippen LogP contribution in [0.4, 0.5) is 0 Å². The van der Waals surface area contributed by atoms with E-state index in [0.29, 0.717) is 0 Å². The summed E-state index contributed by atoms with van der Waals surface area (Å²) in [5.74, 6) is 0.831. The summed E-state index contributed by atoms with van der Waals surface area (Å²) in [6.07, 6.45) is 4.99. The number of aromatic amines is 1. The largest absolute Gasteiger partial charge is 0.288 e. The van der Waals surface area contributed by atoms with Crippen molar-refractivity contribution >= 4 is 34.0 Å². The SMILES string of the molecule is CC(=O)SCCC=Cc1ccc2n[nH]nc2c1. The van der Waals surface area contributed by atoms with Gasteiger partial charge in [-0.3, -0.25) is 4.79 Å². The topological polar surface area (TPSA) is 58.6 Å². The van der Waals surface area contributed by atoms with Crippen molar-refractivity contribution in [3.05, 3.63) is 29.8 Å². The van der Waals surface area contributed by atoms with Gasteiger partial charge in [0.2, 0.25) is 0 Å². The molecule has 1 aromatic heterocycles. The Kier molecular flexibility index (Phi) is 3.93. The first-order chi connectivity index (χ1) is 8.25. The van der Waals surface area contributed by atoms with Crippen LogP contribution < -0.4 is 0 Å². The molecule has 0 aliphatic carbocycles. The predicted octanol–water partition coefficient (Wildman–Crippen LogP) is 2.64. The molecule has 88 valence electrons. The molecule has 0 saturated heterocycles. The molecule has 0 unspecified atom stereocenters. The van der Waals surface area contributed by atoms with Gasteiger partial charge in [0.1, 0.15) is 11.0 Å². The highest BCUT2D eigenvalue weighted by molar-refractivity contribution is 8.13. The molecule has 0 radical (unpaired) electrons. The number of aromatic nitrogens is 3. The number of hydrogen-bond acceptors (Lipinski definition) is 4. The molecule has 1 aromatic carbocycles. The zero-order valence-corrected chi connectivity index (χ0v) is 10.3. The number of rotatable bonds is 4. The van der Waals surface area contributed by atoms with Gasteiger partial charge < -0.3 is 0 Å². The lowest BCUT2D eigenvalue weighted by molar-refractivity contribution is -0.109. The number of nitrogens with zero attached hydrogens (tertiary/aromatic N) is 2. The van der Waals surface area contributed by atoms with Crippen molar-refractivity contribution in [3.8, 4) is 0 Å². The number of hydrogen-bond donors (Lipinski definition) is 1. The first-order valence-electron chi connectivity index (χ1n) is 5.36. The van der Waals surface area contributed by atoms with Crippen LogP contribution >= 0.6 is 11.8 Å². The van der Waals surface area contributed by atoms with Crippen molar-refractivity contribution in [1.82, 2.24) is 15.4 Å². The Hall–Kier alpha value is -1.62. The lowest BCUT2D eigenvalue weighted by Crippen LogP contribution is -1.83. The van der Waals surface area contributed by atoms with Crippen molar-refractivity contribution in [2.75, 3.05) is 5.75 Å². The monoisotopic (exact) mass is 247 g/mol. The molecule has 0 saturated carbocycles. The van der Waals surface area contributed by atoms with Crippen LogP contribution in [0.2, 0.25) is 0 Å². The highest BCUT2D eigenvalue weighted by Crippen LogP contribution is 2.12. The quantitative estimate of drug-likeness (QED) is 0.844. The molecule has 0 fully saturated rings. The van der Waals surface area contributed by atoms with Crippen LogP contribution in [0.25, 0.3) is 17.1 Å². The van der Waals surface area contributed by atoms with Crippen LogP contribution in [0, 0.1) is 0 Å². The zero-order chi connectivity index (χ0) is 12.1. The second-order valence-electron chi connectivity index (χ2n) is 3.60. The van der Waals surface area contributed by atoms with Gasteiger partial charge in [-0.05, 0) is 24.1 Å². The first-order valence-corrected chi connectivity index (χ1v) is 6.35. The lowest BCUT2D eigenvalue weighted by Gasteiger charge is -1.93. The fourth-order valence-electron chi connectivity index (χ4n) is 1.45. The van der Waals surface area contributed by atoms with Gasteiger partial charge in [-0.1, -0.05) is 30.0 Å². The summed E-state index contributed by atoms with van der Waals surface area (Å²) >= 11 is 1.35. The van der Waals surface area contributed by atoms with Crippen LogP contribution in [0.3, 0.4) is 0 Å². The average Bonchev–Trinajstić information content (AvgIpc) is 2.75. The van der Waals surface area contributed by atoms with E-state index in [0.717, 1.165) is 28.8 Å². The molecular weight excluding hydrogens is 234 g/mol. The van der Waals surface area contributed by atoms with Crippen molar-refractivity contribution in [2.45, 2.75) is 13.3 Å². The molecule has 1 N–H and O–H groups in total. The number of carbonyl (C=O) groups excluding carboxylic acids is 1. The van der Waals surface area contributed by atoms with Crippen molar-refractivity contribution in [2.24, 2.45) is 0 Å². The van der Waals surface area contributed by atoms with E-state index in [9.17, 15) is 4.79 Å². The van der Waals surface area contributed by atoms with Crippen molar-refractivity contribution < 1.29 is 4.79 Å². The molecule has 0 atom stereocenters. The van der Waals surface area contributed by atoms with Crippen LogP contribution in [-0.4, -0.2) is 26.3 Å². The predicted molar refractivity (Wildman–Crippen MR) is 70.7 cm³/mol. The molecule has 0 aliphatic rings. The van der Waals surface area contributed by atoms with Gasteiger partial charge >= 0.3 is 0 Å². The Labute approximate surface area is 103 Å². The van der Waals surface area contributed by atoms with E-state index in [4.69, 9.17) is 0 Å². The maximum atomic E-state index is 10.7. The number of benzene rings is 1. The summed E-state index contributed by atoms with van der Waals surface area (Å²) in [6, 6.07) is 5.91. The van der Waals surface area contributed by atoms with Crippen molar-refractivity contribution in [3.63, 3.8) is 0 Å². The Morgan fingerprint density at radius 2 is 2.24 bits per heavy atom. The van der Waals surface area contributed by atoms with Crippen LogP contribution in [-0.2, 0) is 4.79 Å². The third-order valence-corrected chi connectivity index (χ3v) is 3.09. The minimum atomic E-state index is 0.169. The molecule has 0 bridgehead atoms. The van der Waals surface area contributed by atoms with Gasteiger partial charge in [0.05, 0.1) is 0 Å². The molecule has 1 heterocycles. The Bertz CT molecular complexity index is 547. The second kappa shape index (κ2) is 5.63. The Balaban J connectivity index is 1.93. The molecule has 0 spiro atoms.